The van der Waals surface area contributed by atoms with Gasteiger partial charge in [0.15, 0.2) is 18.2 Å². The molecular weight excluding hydrogens is 628 g/mol. The first kappa shape index (κ1) is 37.6. The van der Waals surface area contributed by atoms with Crippen LogP contribution in [0.15, 0.2) is 23.5 Å². The normalized spacial score (nSPS) is 41.1. The fraction of sp³-hybridized carbons (Fsp3) is 0.806. The van der Waals surface area contributed by atoms with Crippen LogP contribution in [0.2, 0.25) is 0 Å². The highest BCUT2D eigenvalue weighted by Gasteiger charge is 2.58. The molecule has 3 aliphatic heterocycles. The molecule has 0 spiro atoms. The molecule has 0 aromatic carbocycles. The average molecular weight is 677 g/mol. The average Bonchev–Trinajstić information content (AvgIpc) is 3.50. The predicted molar refractivity (Wildman–Crippen MR) is 157 cm³/mol. The Morgan fingerprint density at radius 1 is 1.09 bits per heavy atom. The molecule has 16 heteroatoms. The molecule has 3 fully saturated rings. The molecule has 0 bridgehead atoms. The van der Waals surface area contributed by atoms with E-state index >= 15 is 0 Å². The molecule has 12 unspecified atom stereocenters. The zero-order valence-electron chi connectivity index (χ0n) is 26.7. The molecule has 268 valence electrons. The third-order valence-electron chi connectivity index (χ3n) is 9.58. The van der Waals surface area contributed by atoms with Gasteiger partial charge in [-0.2, -0.15) is 0 Å². The van der Waals surface area contributed by atoms with Crippen molar-refractivity contribution >= 4 is 11.9 Å². The Morgan fingerprint density at radius 3 is 2.47 bits per heavy atom. The summed E-state index contributed by atoms with van der Waals surface area (Å²) >= 11 is 0. The standard InChI is InChI=1S/C31H48O16/c1-15(8-10-32)5-4-6-16(2)26(39)43-13-31(41)14-44-29(24(31)36)46-23-22(35)21(34)19(11-33)45-28(23)47-27-20-17(7-9-30(20,3)40)18(12-42-27)25(37)38/h6,12,15,17,19-24,27-29,32-36,40-41H,4-5,7-11,13-14H2,1-3H3,(H,37,38)/b16-6+/t15?,17?,19?,20?,21?,22?,23?,24?,27?,28?,29?,30-,31?/m0/s1. The minimum Gasteiger partial charge on any atom is -0.478 e. The Labute approximate surface area is 272 Å². The quantitative estimate of drug-likeness (QED) is 0.0783. The van der Waals surface area contributed by atoms with E-state index < -0.39 is 104 Å². The number of fused-ring (bicyclic) bond motifs is 1. The summed E-state index contributed by atoms with van der Waals surface area (Å²) in [5.41, 5.74) is -3.28. The maximum absolute atomic E-state index is 12.5. The molecule has 0 aromatic heterocycles. The molecule has 13 atom stereocenters. The Hall–Kier alpha value is -2.22. The number of ether oxygens (including phenoxy) is 6. The highest BCUT2D eigenvalue weighted by atomic mass is 16.8. The molecule has 47 heavy (non-hydrogen) atoms. The molecule has 4 rings (SSSR count). The Bertz CT molecular complexity index is 1160. The first-order valence-electron chi connectivity index (χ1n) is 15.8. The van der Waals surface area contributed by atoms with E-state index in [4.69, 9.17) is 33.5 Å². The lowest BCUT2D eigenvalue weighted by Gasteiger charge is -2.45. The molecule has 8 N–H and O–H groups in total. The van der Waals surface area contributed by atoms with Crippen molar-refractivity contribution in [1.82, 2.24) is 0 Å². The van der Waals surface area contributed by atoms with Crippen LogP contribution in [0.5, 0.6) is 0 Å². The van der Waals surface area contributed by atoms with Crippen molar-refractivity contribution in [3.05, 3.63) is 23.5 Å². The summed E-state index contributed by atoms with van der Waals surface area (Å²) in [7, 11) is 0. The van der Waals surface area contributed by atoms with Crippen molar-refractivity contribution in [3.63, 3.8) is 0 Å². The number of hydrogen-bond acceptors (Lipinski definition) is 15. The van der Waals surface area contributed by atoms with Gasteiger partial charge in [-0.05, 0) is 51.9 Å². The summed E-state index contributed by atoms with van der Waals surface area (Å²) in [6.07, 6.45) is -7.54. The van der Waals surface area contributed by atoms with Gasteiger partial charge in [0.05, 0.1) is 36.6 Å². The molecule has 4 aliphatic rings. The topological polar surface area (TPSA) is 251 Å². The van der Waals surface area contributed by atoms with Crippen LogP contribution in [-0.2, 0) is 38.0 Å². The van der Waals surface area contributed by atoms with Crippen molar-refractivity contribution < 1.29 is 78.9 Å². The van der Waals surface area contributed by atoms with E-state index in [0.29, 0.717) is 24.8 Å². The van der Waals surface area contributed by atoms with Crippen LogP contribution in [0.3, 0.4) is 0 Å². The van der Waals surface area contributed by atoms with Gasteiger partial charge < -0.3 is 69.3 Å². The van der Waals surface area contributed by atoms with Gasteiger partial charge in [-0.25, -0.2) is 9.59 Å². The number of allylic oxidation sites excluding steroid dienone is 1. The minimum absolute atomic E-state index is 0.0468. The van der Waals surface area contributed by atoms with Gasteiger partial charge in [0, 0.05) is 18.1 Å². The first-order chi connectivity index (χ1) is 22.1. The second-order valence-corrected chi connectivity index (χ2v) is 13.2. The van der Waals surface area contributed by atoms with Crippen molar-refractivity contribution in [1.29, 1.82) is 0 Å². The summed E-state index contributed by atoms with van der Waals surface area (Å²) in [6.45, 7) is 3.20. The van der Waals surface area contributed by atoms with Crippen LogP contribution in [0, 0.1) is 17.8 Å². The summed E-state index contributed by atoms with van der Waals surface area (Å²) in [5.74, 6) is -3.19. The van der Waals surface area contributed by atoms with Gasteiger partial charge in [0.1, 0.15) is 37.1 Å². The lowest BCUT2D eigenvalue weighted by Crippen LogP contribution is -2.62. The van der Waals surface area contributed by atoms with Crippen LogP contribution in [0.4, 0.5) is 0 Å². The van der Waals surface area contributed by atoms with Crippen LogP contribution >= 0.6 is 0 Å². The molecule has 1 saturated carbocycles. The van der Waals surface area contributed by atoms with Gasteiger partial charge in [0.25, 0.3) is 0 Å². The molecule has 0 radical (unpaired) electrons. The highest BCUT2D eigenvalue weighted by molar-refractivity contribution is 5.88. The van der Waals surface area contributed by atoms with Gasteiger partial charge in [-0.15, -0.1) is 0 Å². The summed E-state index contributed by atoms with van der Waals surface area (Å²) < 4.78 is 33.8. The second-order valence-electron chi connectivity index (χ2n) is 13.2. The molecule has 0 aromatic rings. The number of carbonyl (C=O) groups is 2. The minimum atomic E-state index is -2.11. The third kappa shape index (κ3) is 8.33. The number of aliphatic hydroxyl groups is 7. The van der Waals surface area contributed by atoms with Crippen molar-refractivity contribution in [2.75, 3.05) is 26.4 Å². The van der Waals surface area contributed by atoms with Gasteiger partial charge >= 0.3 is 11.9 Å². The third-order valence-corrected chi connectivity index (χ3v) is 9.58. The number of carboxylic acids is 1. The van der Waals surface area contributed by atoms with E-state index in [2.05, 4.69) is 0 Å². The van der Waals surface area contributed by atoms with Crippen LogP contribution in [0.1, 0.15) is 52.9 Å². The van der Waals surface area contributed by atoms with Gasteiger partial charge in [-0.1, -0.05) is 13.0 Å². The molecule has 0 amide bonds. The lowest BCUT2D eigenvalue weighted by molar-refractivity contribution is -0.368. The lowest BCUT2D eigenvalue weighted by atomic mass is 9.81. The van der Waals surface area contributed by atoms with Crippen LogP contribution in [0.25, 0.3) is 0 Å². The number of aliphatic carboxylic acids is 1. The first-order valence-corrected chi connectivity index (χ1v) is 15.8. The van der Waals surface area contributed by atoms with Crippen LogP contribution in [-0.4, -0.2) is 140 Å². The molecular formula is C31H48O16. The fourth-order valence-electron chi connectivity index (χ4n) is 6.53. The maximum Gasteiger partial charge on any atom is 0.334 e. The van der Waals surface area contributed by atoms with Gasteiger partial charge in [-0.3, -0.25) is 0 Å². The van der Waals surface area contributed by atoms with E-state index in [1.807, 2.05) is 6.92 Å². The largest absolute Gasteiger partial charge is 0.478 e. The monoisotopic (exact) mass is 676 g/mol. The molecule has 2 saturated heterocycles. The van der Waals surface area contributed by atoms with Crippen molar-refractivity contribution in [2.24, 2.45) is 17.8 Å². The number of hydrogen-bond donors (Lipinski definition) is 8. The van der Waals surface area contributed by atoms with E-state index in [9.17, 15) is 45.3 Å². The van der Waals surface area contributed by atoms with Crippen LogP contribution < -0.4 is 0 Å². The number of carbonyl (C=O) groups excluding carboxylic acids is 1. The predicted octanol–water partition coefficient (Wildman–Crippen LogP) is -1.33. The maximum atomic E-state index is 12.5. The molecule has 1 aliphatic carbocycles. The number of esters is 1. The second kappa shape index (κ2) is 15.6. The Kier molecular flexibility index (Phi) is 12.4. The molecule has 16 nitrogen and oxygen atoms in total. The zero-order valence-corrected chi connectivity index (χ0v) is 26.7. The Balaban J connectivity index is 1.43. The van der Waals surface area contributed by atoms with Crippen molar-refractivity contribution in [2.45, 2.75) is 113 Å². The Morgan fingerprint density at radius 2 is 1.81 bits per heavy atom. The van der Waals surface area contributed by atoms with Gasteiger partial charge in [0.2, 0.25) is 6.29 Å². The fourth-order valence-corrected chi connectivity index (χ4v) is 6.53. The summed E-state index contributed by atoms with van der Waals surface area (Å²) in [4.78, 5) is 24.3. The SMILES string of the molecule is C/C(=C\CCC(C)CCO)C(=O)OCC1(O)COC(OC2C(OC3OC=C(C(=O)O)C4CC[C@](C)(O)C34)OC(CO)C(O)C2O)C1O. The van der Waals surface area contributed by atoms with E-state index in [1.165, 1.54) is 6.92 Å². The highest BCUT2D eigenvalue weighted by Crippen LogP contribution is 2.49. The number of aliphatic hydroxyl groups excluding tert-OH is 5. The number of rotatable bonds is 14. The van der Waals surface area contributed by atoms with E-state index in [1.54, 1.807) is 13.0 Å². The number of carboxylic acid groups (broad SMARTS) is 1. The molecule has 3 heterocycles. The zero-order chi connectivity index (χ0) is 34.7. The van der Waals surface area contributed by atoms with E-state index in [0.717, 1.165) is 12.7 Å². The summed E-state index contributed by atoms with van der Waals surface area (Å²) in [6, 6.07) is 0. The van der Waals surface area contributed by atoms with Crippen molar-refractivity contribution in [3.8, 4) is 0 Å². The smallest absolute Gasteiger partial charge is 0.334 e. The van der Waals surface area contributed by atoms with E-state index in [-0.39, 0.29) is 24.5 Å². The summed E-state index contributed by atoms with van der Waals surface area (Å²) in [5, 5.41) is 83.1.